The van der Waals surface area contributed by atoms with Gasteiger partial charge >= 0.3 is 0 Å². The van der Waals surface area contributed by atoms with Crippen LogP contribution in [0.4, 0.5) is 5.69 Å². The van der Waals surface area contributed by atoms with Crippen molar-refractivity contribution in [3.8, 4) is 0 Å². The number of likely N-dealkylation sites (tertiary alicyclic amines) is 1. The van der Waals surface area contributed by atoms with Crippen LogP contribution in [0, 0.1) is 0 Å². The molecule has 0 unspecified atom stereocenters. The van der Waals surface area contributed by atoms with Gasteiger partial charge in [0.05, 0.1) is 5.69 Å². The smallest absolute Gasteiger partial charge is 0.0564 e. The Hall–Kier alpha value is -1.09. The molecular formula is C13H21N3. The molecular weight excluding hydrogens is 198 g/mol. The van der Waals surface area contributed by atoms with Crippen LogP contribution in [0.1, 0.15) is 31.9 Å². The van der Waals surface area contributed by atoms with Gasteiger partial charge in [0.2, 0.25) is 0 Å². The topological polar surface area (TPSA) is 28.2 Å². The molecule has 3 heteroatoms. The molecule has 1 aromatic heterocycles. The predicted molar refractivity (Wildman–Crippen MR) is 67.5 cm³/mol. The van der Waals surface area contributed by atoms with E-state index in [-0.39, 0.29) is 0 Å². The van der Waals surface area contributed by atoms with E-state index in [0.717, 1.165) is 19.5 Å². The number of hydrogen-bond acceptors (Lipinski definition) is 3. The Labute approximate surface area is 97.9 Å². The fourth-order valence-corrected chi connectivity index (χ4v) is 2.11. The van der Waals surface area contributed by atoms with Gasteiger partial charge in [-0.2, -0.15) is 0 Å². The van der Waals surface area contributed by atoms with Gasteiger partial charge in [0.15, 0.2) is 0 Å². The van der Waals surface area contributed by atoms with E-state index >= 15 is 0 Å². The molecule has 2 rings (SSSR count). The Morgan fingerprint density at radius 2 is 2.19 bits per heavy atom. The van der Waals surface area contributed by atoms with Crippen LogP contribution in [0.25, 0.3) is 0 Å². The molecule has 1 saturated heterocycles. The highest BCUT2D eigenvalue weighted by Crippen LogP contribution is 2.14. The van der Waals surface area contributed by atoms with Crippen LogP contribution in [0.2, 0.25) is 0 Å². The summed E-state index contributed by atoms with van der Waals surface area (Å²) in [5.41, 5.74) is 2.38. The minimum Gasteiger partial charge on any atom is -0.385 e. The first-order valence-corrected chi connectivity index (χ1v) is 6.29. The Balaban J connectivity index is 1.92. The average molecular weight is 219 g/mol. The first-order valence-electron chi connectivity index (χ1n) is 6.29. The van der Waals surface area contributed by atoms with Gasteiger partial charge in [-0.05, 0) is 44.5 Å². The first kappa shape index (κ1) is 11.4. The summed E-state index contributed by atoms with van der Waals surface area (Å²) < 4.78 is 0. The van der Waals surface area contributed by atoms with Gasteiger partial charge in [-0.25, -0.2) is 0 Å². The van der Waals surface area contributed by atoms with Crippen molar-refractivity contribution in [3.05, 3.63) is 24.0 Å². The van der Waals surface area contributed by atoms with E-state index in [4.69, 9.17) is 0 Å². The molecule has 16 heavy (non-hydrogen) atoms. The highest BCUT2D eigenvalue weighted by atomic mass is 15.1. The summed E-state index contributed by atoms with van der Waals surface area (Å²) in [5.74, 6) is 0. The second kappa shape index (κ2) is 5.85. The third kappa shape index (κ3) is 3.20. The van der Waals surface area contributed by atoms with Crippen molar-refractivity contribution >= 4 is 5.69 Å². The molecule has 1 aromatic rings. The molecule has 88 valence electrons. The van der Waals surface area contributed by atoms with Crippen LogP contribution in [0.3, 0.4) is 0 Å². The molecule has 0 saturated carbocycles. The summed E-state index contributed by atoms with van der Waals surface area (Å²) in [7, 11) is 0. The molecule has 1 fully saturated rings. The normalized spacial score (nSPS) is 16.6. The van der Waals surface area contributed by atoms with E-state index in [1.165, 1.54) is 37.3 Å². The minimum atomic E-state index is 1.00. The van der Waals surface area contributed by atoms with Gasteiger partial charge in [-0.3, -0.25) is 9.88 Å². The molecule has 1 aliphatic heterocycles. The minimum absolute atomic E-state index is 1.00. The monoisotopic (exact) mass is 219 g/mol. The van der Waals surface area contributed by atoms with E-state index in [9.17, 15) is 0 Å². The molecule has 0 bridgehead atoms. The fraction of sp³-hybridized carbons (Fsp3) is 0.615. The average Bonchev–Trinajstić information content (AvgIpc) is 2.80. The van der Waals surface area contributed by atoms with Crippen LogP contribution in [0.5, 0.6) is 0 Å². The number of aromatic nitrogens is 1. The van der Waals surface area contributed by atoms with Crippen LogP contribution in [-0.4, -0.2) is 29.5 Å². The molecule has 0 aliphatic carbocycles. The molecule has 3 nitrogen and oxygen atoms in total. The van der Waals surface area contributed by atoms with Crippen molar-refractivity contribution in [2.45, 2.75) is 32.7 Å². The van der Waals surface area contributed by atoms with E-state index in [2.05, 4.69) is 28.2 Å². The molecule has 0 radical (unpaired) electrons. The Bertz CT molecular complexity index is 319. The zero-order valence-electron chi connectivity index (χ0n) is 10.1. The standard InChI is InChI=1S/C13H21N3/c1-2-6-14-12-5-7-15-13(10-12)11-16-8-3-4-9-16/h5,7,10H,2-4,6,8-9,11H2,1H3,(H,14,15). The van der Waals surface area contributed by atoms with Crippen molar-refractivity contribution in [2.24, 2.45) is 0 Å². The SMILES string of the molecule is CCCNc1ccnc(CN2CCCC2)c1. The van der Waals surface area contributed by atoms with Crippen LogP contribution in [0.15, 0.2) is 18.3 Å². The summed E-state index contributed by atoms with van der Waals surface area (Å²) in [6, 6.07) is 4.22. The lowest BCUT2D eigenvalue weighted by Gasteiger charge is -2.14. The summed E-state index contributed by atoms with van der Waals surface area (Å²) in [5, 5.41) is 3.40. The Kier molecular flexibility index (Phi) is 4.17. The maximum atomic E-state index is 4.43. The number of rotatable bonds is 5. The van der Waals surface area contributed by atoms with Crippen molar-refractivity contribution in [3.63, 3.8) is 0 Å². The number of anilines is 1. The molecule has 0 amide bonds. The van der Waals surface area contributed by atoms with Gasteiger partial charge in [0.25, 0.3) is 0 Å². The van der Waals surface area contributed by atoms with E-state index in [0.29, 0.717) is 0 Å². The van der Waals surface area contributed by atoms with E-state index < -0.39 is 0 Å². The van der Waals surface area contributed by atoms with E-state index in [1.54, 1.807) is 0 Å². The molecule has 1 aliphatic rings. The van der Waals surface area contributed by atoms with Crippen LogP contribution in [-0.2, 0) is 6.54 Å². The zero-order chi connectivity index (χ0) is 11.2. The molecule has 0 spiro atoms. The number of hydrogen-bond donors (Lipinski definition) is 1. The third-order valence-electron chi connectivity index (χ3n) is 2.98. The van der Waals surface area contributed by atoms with Crippen molar-refractivity contribution < 1.29 is 0 Å². The van der Waals surface area contributed by atoms with Gasteiger partial charge in [0.1, 0.15) is 0 Å². The second-order valence-electron chi connectivity index (χ2n) is 4.45. The lowest BCUT2D eigenvalue weighted by Crippen LogP contribution is -2.19. The third-order valence-corrected chi connectivity index (χ3v) is 2.98. The maximum absolute atomic E-state index is 4.43. The summed E-state index contributed by atoms with van der Waals surface area (Å²) in [4.78, 5) is 6.91. The zero-order valence-corrected chi connectivity index (χ0v) is 10.1. The summed E-state index contributed by atoms with van der Waals surface area (Å²) >= 11 is 0. The molecule has 0 aromatic carbocycles. The van der Waals surface area contributed by atoms with Crippen molar-refractivity contribution in [1.82, 2.24) is 9.88 Å². The Morgan fingerprint density at radius 3 is 2.94 bits per heavy atom. The largest absolute Gasteiger partial charge is 0.385 e. The lowest BCUT2D eigenvalue weighted by atomic mass is 10.3. The highest BCUT2D eigenvalue weighted by Gasteiger charge is 2.12. The number of nitrogens with zero attached hydrogens (tertiary/aromatic N) is 2. The quantitative estimate of drug-likeness (QED) is 0.824. The lowest BCUT2D eigenvalue weighted by molar-refractivity contribution is 0.327. The number of pyridine rings is 1. The molecule has 1 N–H and O–H groups in total. The van der Waals surface area contributed by atoms with Gasteiger partial charge < -0.3 is 5.32 Å². The van der Waals surface area contributed by atoms with Crippen LogP contribution >= 0.6 is 0 Å². The fourth-order valence-electron chi connectivity index (χ4n) is 2.11. The molecule has 2 heterocycles. The Morgan fingerprint density at radius 1 is 1.38 bits per heavy atom. The second-order valence-corrected chi connectivity index (χ2v) is 4.45. The molecule has 0 atom stereocenters. The summed E-state index contributed by atoms with van der Waals surface area (Å²) in [6.45, 7) is 6.68. The van der Waals surface area contributed by atoms with Gasteiger partial charge in [0, 0.05) is 25.0 Å². The van der Waals surface area contributed by atoms with Crippen molar-refractivity contribution in [1.29, 1.82) is 0 Å². The maximum Gasteiger partial charge on any atom is 0.0564 e. The highest BCUT2D eigenvalue weighted by molar-refractivity contribution is 5.43. The first-order chi connectivity index (χ1) is 7.88. The predicted octanol–water partition coefficient (Wildman–Crippen LogP) is 2.50. The summed E-state index contributed by atoms with van der Waals surface area (Å²) in [6.07, 6.45) is 5.74. The van der Waals surface area contributed by atoms with Gasteiger partial charge in [-0.1, -0.05) is 6.92 Å². The van der Waals surface area contributed by atoms with Gasteiger partial charge in [-0.15, -0.1) is 0 Å². The van der Waals surface area contributed by atoms with Crippen LogP contribution < -0.4 is 5.32 Å². The van der Waals surface area contributed by atoms with Crippen molar-refractivity contribution in [2.75, 3.05) is 25.0 Å². The van der Waals surface area contributed by atoms with E-state index in [1.807, 2.05) is 12.3 Å². The number of nitrogens with one attached hydrogen (secondary N) is 1.